The molecule has 1 aliphatic rings. The van der Waals surface area contributed by atoms with E-state index in [-0.39, 0.29) is 18.1 Å². The third-order valence-electron chi connectivity index (χ3n) is 4.03. The van der Waals surface area contributed by atoms with Gasteiger partial charge < -0.3 is 20.1 Å². The van der Waals surface area contributed by atoms with E-state index in [0.29, 0.717) is 18.0 Å². The number of carbonyl (C=O) groups excluding carboxylic acids is 1. The highest BCUT2D eigenvalue weighted by atomic mass is 16.6. The van der Waals surface area contributed by atoms with E-state index < -0.39 is 5.60 Å². The zero-order valence-electron chi connectivity index (χ0n) is 15.0. The number of rotatable bonds is 2. The molecule has 0 bridgehead atoms. The number of anilines is 1. The first-order chi connectivity index (χ1) is 10.6. The fourth-order valence-corrected chi connectivity index (χ4v) is 3.12. The lowest BCUT2D eigenvalue weighted by molar-refractivity contribution is 0.00875. The van der Waals surface area contributed by atoms with Gasteiger partial charge in [-0.05, 0) is 56.4 Å². The number of nitrogen functional groups attached to an aromatic ring is 1. The van der Waals surface area contributed by atoms with Crippen molar-refractivity contribution < 1.29 is 14.3 Å². The molecular formula is C18H28N2O3. The van der Waals surface area contributed by atoms with Crippen LogP contribution in [-0.4, -0.2) is 30.2 Å². The standard InChI is InChI=1S/C18H28N2O3/c1-11(2)16-13-10-15(22-6)14(19)9-12(13)7-8-20(16)17(21)23-18(3,4)5/h9-11,16H,7-8,19H2,1-6H3. The first-order valence-electron chi connectivity index (χ1n) is 8.10. The quantitative estimate of drug-likeness (QED) is 0.843. The van der Waals surface area contributed by atoms with Crippen LogP contribution in [0, 0.1) is 5.92 Å². The molecule has 0 aliphatic carbocycles. The van der Waals surface area contributed by atoms with E-state index in [2.05, 4.69) is 13.8 Å². The molecular weight excluding hydrogens is 292 g/mol. The summed E-state index contributed by atoms with van der Waals surface area (Å²) >= 11 is 0. The van der Waals surface area contributed by atoms with Crippen LogP contribution in [0.1, 0.15) is 51.8 Å². The van der Waals surface area contributed by atoms with Crippen molar-refractivity contribution in [3.05, 3.63) is 23.3 Å². The maximum atomic E-state index is 12.6. The molecule has 1 atom stereocenters. The van der Waals surface area contributed by atoms with Crippen molar-refractivity contribution in [2.45, 2.75) is 52.7 Å². The summed E-state index contributed by atoms with van der Waals surface area (Å²) in [5.41, 5.74) is 8.44. The molecule has 1 heterocycles. The van der Waals surface area contributed by atoms with Gasteiger partial charge in [0.2, 0.25) is 0 Å². The van der Waals surface area contributed by atoms with Crippen molar-refractivity contribution >= 4 is 11.8 Å². The Morgan fingerprint density at radius 1 is 1.35 bits per heavy atom. The zero-order valence-corrected chi connectivity index (χ0v) is 15.0. The lowest BCUT2D eigenvalue weighted by Crippen LogP contribution is -2.44. The van der Waals surface area contributed by atoms with Gasteiger partial charge in [-0.3, -0.25) is 0 Å². The molecule has 2 rings (SSSR count). The Hall–Kier alpha value is -1.91. The Balaban J connectivity index is 2.41. The van der Waals surface area contributed by atoms with Crippen molar-refractivity contribution in [1.29, 1.82) is 0 Å². The van der Waals surface area contributed by atoms with E-state index >= 15 is 0 Å². The maximum absolute atomic E-state index is 12.6. The summed E-state index contributed by atoms with van der Waals surface area (Å²) in [6.45, 7) is 10.5. The summed E-state index contributed by atoms with van der Waals surface area (Å²) in [5.74, 6) is 0.912. The van der Waals surface area contributed by atoms with Crippen LogP contribution < -0.4 is 10.5 Å². The Labute approximate surface area is 138 Å². The van der Waals surface area contributed by atoms with Crippen LogP contribution in [0.5, 0.6) is 5.75 Å². The van der Waals surface area contributed by atoms with E-state index in [1.54, 1.807) is 7.11 Å². The minimum Gasteiger partial charge on any atom is -0.495 e. The molecule has 1 aliphatic heterocycles. The average molecular weight is 320 g/mol. The van der Waals surface area contributed by atoms with Gasteiger partial charge >= 0.3 is 6.09 Å². The van der Waals surface area contributed by atoms with Gasteiger partial charge in [-0.1, -0.05) is 13.8 Å². The number of benzene rings is 1. The number of ether oxygens (including phenoxy) is 2. The van der Waals surface area contributed by atoms with E-state index in [1.807, 2.05) is 37.8 Å². The number of nitrogens with zero attached hydrogens (tertiary/aromatic N) is 1. The number of nitrogens with two attached hydrogens (primary N) is 1. The summed E-state index contributed by atoms with van der Waals surface area (Å²) in [5, 5.41) is 0. The van der Waals surface area contributed by atoms with Crippen LogP contribution in [0.4, 0.5) is 10.5 Å². The highest BCUT2D eigenvalue weighted by Crippen LogP contribution is 2.39. The number of fused-ring (bicyclic) bond motifs is 1. The van der Waals surface area contributed by atoms with E-state index in [1.165, 1.54) is 5.56 Å². The molecule has 0 aromatic heterocycles. The van der Waals surface area contributed by atoms with E-state index in [0.717, 1.165) is 12.0 Å². The van der Waals surface area contributed by atoms with Crippen molar-refractivity contribution in [1.82, 2.24) is 4.90 Å². The predicted molar refractivity (Wildman–Crippen MR) is 91.6 cm³/mol. The first kappa shape index (κ1) is 17.4. The Morgan fingerprint density at radius 3 is 2.52 bits per heavy atom. The molecule has 0 saturated heterocycles. The molecule has 0 fully saturated rings. The number of hydrogen-bond acceptors (Lipinski definition) is 4. The van der Waals surface area contributed by atoms with Gasteiger partial charge in [-0.15, -0.1) is 0 Å². The summed E-state index contributed by atoms with van der Waals surface area (Å²) in [6, 6.07) is 3.89. The summed E-state index contributed by atoms with van der Waals surface area (Å²) in [7, 11) is 1.61. The van der Waals surface area contributed by atoms with Crippen LogP contribution in [0.2, 0.25) is 0 Å². The molecule has 0 spiro atoms. The average Bonchev–Trinajstić information content (AvgIpc) is 2.43. The Kier molecular flexibility index (Phi) is 4.78. The second kappa shape index (κ2) is 6.30. The minimum atomic E-state index is -0.502. The Bertz CT molecular complexity index is 591. The number of methoxy groups -OCH3 is 1. The van der Waals surface area contributed by atoms with Crippen LogP contribution in [0.15, 0.2) is 12.1 Å². The monoisotopic (exact) mass is 320 g/mol. The highest BCUT2D eigenvalue weighted by molar-refractivity contribution is 5.70. The molecule has 1 aromatic carbocycles. The van der Waals surface area contributed by atoms with E-state index in [9.17, 15) is 4.79 Å². The van der Waals surface area contributed by atoms with Gasteiger partial charge in [0, 0.05) is 6.54 Å². The molecule has 1 aromatic rings. The lowest BCUT2D eigenvalue weighted by Gasteiger charge is -2.40. The molecule has 5 nitrogen and oxygen atoms in total. The van der Waals surface area contributed by atoms with Gasteiger partial charge in [-0.25, -0.2) is 4.79 Å². The second-order valence-electron chi connectivity index (χ2n) is 7.41. The third kappa shape index (κ3) is 3.71. The van der Waals surface area contributed by atoms with Gasteiger partial charge in [-0.2, -0.15) is 0 Å². The third-order valence-corrected chi connectivity index (χ3v) is 4.03. The van der Waals surface area contributed by atoms with Crippen molar-refractivity contribution in [2.24, 2.45) is 5.92 Å². The number of carbonyl (C=O) groups is 1. The zero-order chi connectivity index (χ0) is 17.4. The molecule has 1 unspecified atom stereocenters. The topological polar surface area (TPSA) is 64.8 Å². The predicted octanol–water partition coefficient (Wildman–Crippen LogP) is 3.77. The highest BCUT2D eigenvalue weighted by Gasteiger charge is 2.35. The first-order valence-corrected chi connectivity index (χ1v) is 8.10. The molecule has 0 saturated carbocycles. The van der Waals surface area contributed by atoms with Crippen LogP contribution in [-0.2, 0) is 11.2 Å². The van der Waals surface area contributed by atoms with Crippen molar-refractivity contribution in [3.8, 4) is 5.75 Å². The molecule has 2 N–H and O–H groups in total. The van der Waals surface area contributed by atoms with E-state index in [4.69, 9.17) is 15.2 Å². The lowest BCUT2D eigenvalue weighted by atomic mass is 9.86. The summed E-state index contributed by atoms with van der Waals surface area (Å²) in [6.07, 6.45) is 0.504. The van der Waals surface area contributed by atoms with Gasteiger partial charge in [0.25, 0.3) is 0 Å². The smallest absolute Gasteiger partial charge is 0.410 e. The summed E-state index contributed by atoms with van der Waals surface area (Å²) in [4.78, 5) is 14.4. The Morgan fingerprint density at radius 2 is 2.00 bits per heavy atom. The van der Waals surface area contributed by atoms with Gasteiger partial charge in [0.05, 0.1) is 18.8 Å². The normalized spacial score (nSPS) is 17.9. The largest absolute Gasteiger partial charge is 0.495 e. The second-order valence-corrected chi connectivity index (χ2v) is 7.41. The fraction of sp³-hybridized carbons (Fsp3) is 0.611. The van der Waals surface area contributed by atoms with Crippen molar-refractivity contribution in [2.75, 3.05) is 19.4 Å². The SMILES string of the molecule is COc1cc2c(cc1N)CCN(C(=O)OC(C)(C)C)C2C(C)C. The molecule has 1 amide bonds. The van der Waals surface area contributed by atoms with Crippen LogP contribution >= 0.6 is 0 Å². The minimum absolute atomic E-state index is 0.0388. The van der Waals surface area contributed by atoms with Gasteiger partial charge in [0.15, 0.2) is 0 Å². The fourth-order valence-electron chi connectivity index (χ4n) is 3.12. The molecule has 128 valence electrons. The van der Waals surface area contributed by atoms with Crippen molar-refractivity contribution in [3.63, 3.8) is 0 Å². The molecule has 23 heavy (non-hydrogen) atoms. The molecule has 0 radical (unpaired) electrons. The van der Waals surface area contributed by atoms with Crippen LogP contribution in [0.3, 0.4) is 0 Å². The van der Waals surface area contributed by atoms with Gasteiger partial charge in [0.1, 0.15) is 11.4 Å². The van der Waals surface area contributed by atoms with Crippen LogP contribution in [0.25, 0.3) is 0 Å². The molecule has 5 heteroatoms. The number of hydrogen-bond donors (Lipinski definition) is 1. The maximum Gasteiger partial charge on any atom is 0.410 e. The number of amides is 1. The summed E-state index contributed by atoms with van der Waals surface area (Å²) < 4.78 is 10.9.